The molecule has 1 saturated carbocycles. The maximum Gasteiger partial charge on any atom is 0.269 e. The van der Waals surface area contributed by atoms with Gasteiger partial charge in [-0.05, 0) is 31.6 Å². The Morgan fingerprint density at radius 3 is 2.94 bits per heavy atom. The van der Waals surface area contributed by atoms with E-state index < -0.39 is 5.60 Å². The van der Waals surface area contributed by atoms with Crippen molar-refractivity contribution in [2.24, 2.45) is 5.92 Å². The predicted molar refractivity (Wildman–Crippen MR) is 63.5 cm³/mol. The summed E-state index contributed by atoms with van der Waals surface area (Å²) in [6.07, 6.45) is 6.51. The van der Waals surface area contributed by atoms with E-state index in [0.29, 0.717) is 18.2 Å². The molecule has 3 N–H and O–H groups in total. The van der Waals surface area contributed by atoms with Crippen LogP contribution in [0.3, 0.4) is 0 Å². The van der Waals surface area contributed by atoms with Gasteiger partial charge in [-0.2, -0.15) is 0 Å². The Kier molecular flexibility index (Phi) is 3.47. The molecular formula is C12H19N3O2. The van der Waals surface area contributed by atoms with Gasteiger partial charge in [-0.3, -0.25) is 4.79 Å². The Labute approximate surface area is 101 Å². The summed E-state index contributed by atoms with van der Waals surface area (Å²) in [5.74, 6) is 0.466. The van der Waals surface area contributed by atoms with Crippen molar-refractivity contribution in [2.75, 3.05) is 6.54 Å². The highest BCUT2D eigenvalue weighted by atomic mass is 16.3. The molecule has 0 atom stereocenters. The van der Waals surface area contributed by atoms with E-state index in [1.807, 2.05) is 0 Å². The van der Waals surface area contributed by atoms with E-state index in [0.717, 1.165) is 25.7 Å². The molecule has 1 aromatic heterocycles. The molecule has 1 aliphatic carbocycles. The Balaban J connectivity index is 1.83. The Morgan fingerprint density at radius 2 is 2.35 bits per heavy atom. The van der Waals surface area contributed by atoms with Gasteiger partial charge in [0.25, 0.3) is 5.91 Å². The van der Waals surface area contributed by atoms with E-state index in [9.17, 15) is 9.90 Å². The van der Waals surface area contributed by atoms with Crippen LogP contribution in [0, 0.1) is 5.92 Å². The van der Waals surface area contributed by atoms with Gasteiger partial charge in [0.05, 0.1) is 18.1 Å². The molecule has 94 valence electrons. The standard InChI is InChI=1S/C12H19N3O2/c1-9-2-4-12(17,5-3-9)7-14-11(16)10-6-13-8-15-10/h6,8-9,17H,2-5,7H2,1H3,(H,13,15)(H,14,16). The maximum atomic E-state index is 11.7. The quantitative estimate of drug-likeness (QED) is 0.736. The van der Waals surface area contributed by atoms with Crippen molar-refractivity contribution in [3.63, 3.8) is 0 Å². The van der Waals surface area contributed by atoms with Gasteiger partial charge in [0.1, 0.15) is 5.69 Å². The van der Waals surface area contributed by atoms with E-state index in [1.165, 1.54) is 12.5 Å². The number of H-pyrrole nitrogens is 1. The van der Waals surface area contributed by atoms with Gasteiger partial charge in [0.15, 0.2) is 0 Å². The molecule has 17 heavy (non-hydrogen) atoms. The number of imidazole rings is 1. The summed E-state index contributed by atoms with van der Waals surface area (Å²) in [4.78, 5) is 18.2. The number of carbonyl (C=O) groups excluding carboxylic acids is 1. The molecule has 5 heteroatoms. The minimum absolute atomic E-state index is 0.213. The predicted octanol–water partition coefficient (Wildman–Crippen LogP) is 1.08. The molecule has 0 aromatic carbocycles. The van der Waals surface area contributed by atoms with Crippen molar-refractivity contribution < 1.29 is 9.90 Å². The van der Waals surface area contributed by atoms with Gasteiger partial charge in [0, 0.05) is 6.54 Å². The fraction of sp³-hybridized carbons (Fsp3) is 0.667. The van der Waals surface area contributed by atoms with Crippen LogP contribution >= 0.6 is 0 Å². The van der Waals surface area contributed by atoms with Crippen molar-refractivity contribution in [2.45, 2.75) is 38.2 Å². The van der Waals surface area contributed by atoms with E-state index >= 15 is 0 Å². The van der Waals surface area contributed by atoms with Gasteiger partial charge in [-0.1, -0.05) is 6.92 Å². The van der Waals surface area contributed by atoms with E-state index in [2.05, 4.69) is 22.2 Å². The zero-order valence-electron chi connectivity index (χ0n) is 10.1. The Bertz CT molecular complexity index is 367. The molecule has 0 aliphatic heterocycles. The second-order valence-corrected chi connectivity index (χ2v) is 5.05. The van der Waals surface area contributed by atoms with Crippen LogP contribution in [0.5, 0.6) is 0 Å². The third-order valence-electron chi connectivity index (χ3n) is 3.53. The zero-order valence-corrected chi connectivity index (χ0v) is 10.1. The molecule has 0 saturated heterocycles. The monoisotopic (exact) mass is 237 g/mol. The fourth-order valence-corrected chi connectivity index (χ4v) is 2.20. The van der Waals surface area contributed by atoms with Crippen LogP contribution in [0.4, 0.5) is 0 Å². The molecule has 0 bridgehead atoms. The summed E-state index contributed by atoms with van der Waals surface area (Å²) in [6, 6.07) is 0. The van der Waals surface area contributed by atoms with Crippen molar-refractivity contribution in [1.29, 1.82) is 0 Å². The number of carbonyl (C=O) groups is 1. The molecule has 5 nitrogen and oxygen atoms in total. The number of hydrogen-bond acceptors (Lipinski definition) is 3. The van der Waals surface area contributed by atoms with Crippen LogP contribution in [-0.2, 0) is 0 Å². The molecule has 2 rings (SSSR count). The first-order valence-corrected chi connectivity index (χ1v) is 6.08. The number of nitrogens with zero attached hydrogens (tertiary/aromatic N) is 1. The first-order valence-electron chi connectivity index (χ1n) is 6.08. The lowest BCUT2D eigenvalue weighted by Gasteiger charge is -2.34. The number of aromatic nitrogens is 2. The van der Waals surface area contributed by atoms with E-state index in [4.69, 9.17) is 0 Å². The lowest BCUT2D eigenvalue weighted by atomic mass is 9.79. The van der Waals surface area contributed by atoms with Crippen LogP contribution < -0.4 is 5.32 Å². The number of aliphatic hydroxyl groups is 1. The van der Waals surface area contributed by atoms with Crippen LogP contribution in [0.25, 0.3) is 0 Å². The second kappa shape index (κ2) is 4.87. The molecule has 1 fully saturated rings. The smallest absolute Gasteiger partial charge is 0.269 e. The highest BCUT2D eigenvalue weighted by Crippen LogP contribution is 2.31. The molecule has 1 aliphatic rings. The number of aromatic amines is 1. The van der Waals surface area contributed by atoms with Crippen molar-refractivity contribution in [3.05, 3.63) is 18.2 Å². The molecular weight excluding hydrogens is 218 g/mol. The molecule has 0 spiro atoms. The molecule has 1 heterocycles. The summed E-state index contributed by atoms with van der Waals surface area (Å²) < 4.78 is 0. The van der Waals surface area contributed by atoms with E-state index in [-0.39, 0.29) is 5.91 Å². The van der Waals surface area contributed by atoms with E-state index in [1.54, 1.807) is 0 Å². The van der Waals surface area contributed by atoms with Crippen molar-refractivity contribution in [1.82, 2.24) is 15.3 Å². The summed E-state index contributed by atoms with van der Waals surface area (Å²) in [5.41, 5.74) is -0.305. The normalized spacial score (nSPS) is 28.9. The van der Waals surface area contributed by atoms with Crippen LogP contribution in [0.15, 0.2) is 12.5 Å². The number of nitrogens with one attached hydrogen (secondary N) is 2. The fourth-order valence-electron chi connectivity index (χ4n) is 2.20. The average molecular weight is 237 g/mol. The topological polar surface area (TPSA) is 78.0 Å². The van der Waals surface area contributed by atoms with Crippen molar-refractivity contribution >= 4 is 5.91 Å². The van der Waals surface area contributed by atoms with Crippen LogP contribution in [-0.4, -0.2) is 33.1 Å². The first-order chi connectivity index (χ1) is 8.09. The van der Waals surface area contributed by atoms with Gasteiger partial charge in [-0.25, -0.2) is 4.98 Å². The van der Waals surface area contributed by atoms with Gasteiger partial charge >= 0.3 is 0 Å². The molecule has 0 unspecified atom stereocenters. The van der Waals surface area contributed by atoms with Crippen molar-refractivity contribution in [3.8, 4) is 0 Å². The molecule has 1 amide bonds. The highest BCUT2D eigenvalue weighted by Gasteiger charge is 2.32. The van der Waals surface area contributed by atoms with Crippen LogP contribution in [0.2, 0.25) is 0 Å². The highest BCUT2D eigenvalue weighted by molar-refractivity contribution is 5.91. The molecule has 1 aromatic rings. The Morgan fingerprint density at radius 1 is 1.65 bits per heavy atom. The van der Waals surface area contributed by atoms with Crippen LogP contribution in [0.1, 0.15) is 43.1 Å². The number of amides is 1. The van der Waals surface area contributed by atoms with Gasteiger partial charge in [-0.15, -0.1) is 0 Å². The SMILES string of the molecule is CC1CCC(O)(CNC(=O)c2cnc[nH]2)CC1. The summed E-state index contributed by atoms with van der Waals surface area (Å²) in [6.45, 7) is 2.51. The van der Waals surface area contributed by atoms with Gasteiger partial charge < -0.3 is 15.4 Å². The minimum atomic E-state index is -0.734. The Hall–Kier alpha value is -1.36. The molecule has 0 radical (unpaired) electrons. The zero-order chi connectivity index (χ0) is 12.3. The third kappa shape index (κ3) is 3.06. The third-order valence-corrected chi connectivity index (χ3v) is 3.53. The second-order valence-electron chi connectivity index (χ2n) is 5.05. The van der Waals surface area contributed by atoms with Gasteiger partial charge in [0.2, 0.25) is 0 Å². The maximum absolute atomic E-state index is 11.7. The lowest BCUT2D eigenvalue weighted by molar-refractivity contribution is -0.00543. The number of hydrogen-bond donors (Lipinski definition) is 3. The minimum Gasteiger partial charge on any atom is -0.388 e. The summed E-state index contributed by atoms with van der Waals surface area (Å²) >= 11 is 0. The summed E-state index contributed by atoms with van der Waals surface area (Å²) in [5, 5.41) is 13.0. The summed E-state index contributed by atoms with van der Waals surface area (Å²) in [7, 11) is 0. The first kappa shape index (κ1) is 12.1. The largest absolute Gasteiger partial charge is 0.388 e. The lowest BCUT2D eigenvalue weighted by Crippen LogP contribution is -2.45. The average Bonchev–Trinajstić information content (AvgIpc) is 2.84. The number of rotatable bonds is 3.